The van der Waals surface area contributed by atoms with Crippen molar-refractivity contribution in [2.45, 2.75) is 33.2 Å². The van der Waals surface area contributed by atoms with E-state index in [9.17, 15) is 14.9 Å². The fourth-order valence-corrected chi connectivity index (χ4v) is 1.71. The Morgan fingerprint density at radius 2 is 2.16 bits per heavy atom. The molecule has 3 N–H and O–H groups in total. The first-order valence-electron chi connectivity index (χ1n) is 6.01. The molecule has 0 aliphatic heterocycles. The van der Waals surface area contributed by atoms with Crippen molar-refractivity contribution >= 4 is 11.7 Å². The summed E-state index contributed by atoms with van der Waals surface area (Å²) in [5.74, 6) is -0.638. The minimum absolute atomic E-state index is 0.0346. The van der Waals surface area contributed by atoms with E-state index in [1.807, 2.05) is 20.8 Å². The van der Waals surface area contributed by atoms with E-state index in [1.165, 1.54) is 12.1 Å². The maximum absolute atomic E-state index is 12.0. The molecule has 0 radical (unpaired) electrons. The molecule has 1 heterocycles. The number of H-pyrrole nitrogens is 1. The predicted molar refractivity (Wildman–Crippen MR) is 69.9 cm³/mol. The van der Waals surface area contributed by atoms with Crippen molar-refractivity contribution < 1.29 is 14.8 Å². The van der Waals surface area contributed by atoms with Crippen LogP contribution < -0.4 is 5.32 Å². The van der Waals surface area contributed by atoms with Gasteiger partial charge < -0.3 is 20.5 Å². The van der Waals surface area contributed by atoms with Gasteiger partial charge in [-0.05, 0) is 22.8 Å². The molecule has 1 amide bonds. The quantitative estimate of drug-likeness (QED) is 0.555. The van der Waals surface area contributed by atoms with Crippen molar-refractivity contribution in [1.82, 2.24) is 10.3 Å². The molecule has 1 atom stereocenters. The summed E-state index contributed by atoms with van der Waals surface area (Å²) < 4.78 is 0. The van der Waals surface area contributed by atoms with Crippen molar-refractivity contribution in [3.05, 3.63) is 27.9 Å². The third-order valence-corrected chi connectivity index (χ3v) is 2.88. The zero-order valence-corrected chi connectivity index (χ0v) is 11.3. The molecule has 0 saturated carbocycles. The number of nitrogens with one attached hydrogen (secondary N) is 2. The third-order valence-electron chi connectivity index (χ3n) is 2.88. The average molecular weight is 269 g/mol. The molecule has 0 spiro atoms. The van der Waals surface area contributed by atoms with Crippen LogP contribution in [0.4, 0.5) is 5.82 Å². The van der Waals surface area contributed by atoms with E-state index in [0.717, 1.165) is 0 Å². The minimum Gasteiger partial charge on any atom is -0.396 e. The maximum Gasteiger partial charge on any atom is 0.321 e. The fraction of sp³-hybridized carbons (Fsp3) is 0.583. The number of hydrogen-bond acceptors (Lipinski definition) is 4. The van der Waals surface area contributed by atoms with Gasteiger partial charge in [-0.2, -0.15) is 0 Å². The van der Waals surface area contributed by atoms with E-state index in [4.69, 9.17) is 5.11 Å². The van der Waals surface area contributed by atoms with Crippen LogP contribution in [0.1, 0.15) is 37.7 Å². The monoisotopic (exact) mass is 269 g/mol. The Labute approximate surface area is 111 Å². The van der Waals surface area contributed by atoms with E-state index in [2.05, 4.69) is 10.3 Å². The fourth-order valence-electron chi connectivity index (χ4n) is 1.71. The van der Waals surface area contributed by atoms with E-state index in [-0.39, 0.29) is 29.6 Å². The van der Waals surface area contributed by atoms with Gasteiger partial charge in [-0.15, -0.1) is 0 Å². The van der Waals surface area contributed by atoms with Gasteiger partial charge in [0.2, 0.25) is 0 Å². The van der Waals surface area contributed by atoms with Crippen LogP contribution in [-0.2, 0) is 0 Å². The smallest absolute Gasteiger partial charge is 0.321 e. The van der Waals surface area contributed by atoms with Crippen LogP contribution in [0.3, 0.4) is 0 Å². The lowest BCUT2D eigenvalue weighted by Gasteiger charge is -2.30. The zero-order valence-electron chi connectivity index (χ0n) is 11.3. The summed E-state index contributed by atoms with van der Waals surface area (Å²) in [4.78, 5) is 24.3. The second-order valence-corrected chi connectivity index (χ2v) is 5.42. The highest BCUT2D eigenvalue weighted by Gasteiger charge is 2.27. The van der Waals surface area contributed by atoms with Crippen LogP contribution in [0, 0.1) is 15.5 Å². The van der Waals surface area contributed by atoms with Gasteiger partial charge in [-0.1, -0.05) is 20.8 Å². The highest BCUT2D eigenvalue weighted by molar-refractivity contribution is 5.93. The number of hydrogen-bond donors (Lipinski definition) is 3. The number of carbonyl (C=O) groups excluding carboxylic acids is 1. The standard InChI is InChI=1S/C12H19N3O4/c1-12(2,3)9(6-7-16)14-11(17)8-4-5-10(13-8)15(18)19/h4-5,9,13,16H,6-7H2,1-3H3,(H,14,17). The maximum atomic E-state index is 12.0. The molecule has 7 nitrogen and oxygen atoms in total. The molecule has 1 aromatic rings. The van der Waals surface area contributed by atoms with Crippen LogP contribution in [0.2, 0.25) is 0 Å². The first-order valence-corrected chi connectivity index (χ1v) is 6.01. The van der Waals surface area contributed by atoms with E-state index < -0.39 is 10.8 Å². The van der Waals surface area contributed by atoms with Gasteiger partial charge >= 0.3 is 5.82 Å². The van der Waals surface area contributed by atoms with Crippen LogP contribution in [0.5, 0.6) is 0 Å². The van der Waals surface area contributed by atoms with Gasteiger partial charge in [0.1, 0.15) is 0 Å². The van der Waals surface area contributed by atoms with Gasteiger partial charge in [0.15, 0.2) is 5.69 Å². The summed E-state index contributed by atoms with van der Waals surface area (Å²) in [5, 5.41) is 22.3. The Balaban J connectivity index is 2.78. The van der Waals surface area contributed by atoms with Crippen molar-refractivity contribution in [3.63, 3.8) is 0 Å². The predicted octanol–water partition coefficient (Wildman–Crippen LogP) is 1.45. The number of rotatable bonds is 5. The second-order valence-electron chi connectivity index (χ2n) is 5.42. The van der Waals surface area contributed by atoms with Gasteiger partial charge in [-0.25, -0.2) is 4.98 Å². The second kappa shape index (κ2) is 5.83. The minimum atomic E-state index is -0.592. The molecule has 0 fully saturated rings. The summed E-state index contributed by atoms with van der Waals surface area (Å²) in [7, 11) is 0. The molecular formula is C12H19N3O4. The van der Waals surface area contributed by atoms with Gasteiger partial charge in [-0.3, -0.25) is 4.79 Å². The Kier molecular flexibility index (Phi) is 4.66. The molecular weight excluding hydrogens is 250 g/mol. The molecule has 0 aliphatic rings. The largest absolute Gasteiger partial charge is 0.396 e. The van der Waals surface area contributed by atoms with Crippen LogP contribution in [-0.4, -0.2) is 33.6 Å². The number of carbonyl (C=O) groups is 1. The molecule has 19 heavy (non-hydrogen) atoms. The highest BCUT2D eigenvalue weighted by Crippen LogP contribution is 2.22. The molecule has 0 aromatic carbocycles. The molecule has 7 heteroatoms. The van der Waals surface area contributed by atoms with Crippen LogP contribution in [0.25, 0.3) is 0 Å². The van der Waals surface area contributed by atoms with Crippen molar-refractivity contribution in [2.75, 3.05) is 6.61 Å². The lowest BCUT2D eigenvalue weighted by atomic mass is 9.85. The summed E-state index contributed by atoms with van der Waals surface area (Å²) in [6, 6.07) is 2.39. The zero-order chi connectivity index (χ0) is 14.6. The third kappa shape index (κ3) is 4.06. The molecule has 106 valence electrons. The molecule has 1 rings (SSSR count). The number of aromatic amines is 1. The molecule has 1 unspecified atom stereocenters. The normalized spacial score (nSPS) is 13.1. The van der Waals surface area contributed by atoms with Crippen molar-refractivity contribution in [2.24, 2.45) is 5.41 Å². The van der Waals surface area contributed by atoms with Crippen molar-refractivity contribution in [1.29, 1.82) is 0 Å². The first-order chi connectivity index (χ1) is 8.75. The topological polar surface area (TPSA) is 108 Å². The Bertz CT molecular complexity index is 462. The summed E-state index contributed by atoms with van der Waals surface area (Å²) in [5.41, 5.74) is -0.0735. The number of aliphatic hydroxyl groups excluding tert-OH is 1. The number of aliphatic hydroxyl groups is 1. The molecule has 0 saturated heterocycles. The molecule has 0 aliphatic carbocycles. The van der Waals surface area contributed by atoms with E-state index in [0.29, 0.717) is 6.42 Å². The number of amides is 1. The Hall–Kier alpha value is -1.89. The van der Waals surface area contributed by atoms with E-state index >= 15 is 0 Å². The van der Waals surface area contributed by atoms with Crippen molar-refractivity contribution in [3.8, 4) is 0 Å². The summed E-state index contributed by atoms with van der Waals surface area (Å²) in [6.07, 6.45) is 0.429. The lowest BCUT2D eigenvalue weighted by molar-refractivity contribution is -0.389. The van der Waals surface area contributed by atoms with Crippen LogP contribution in [0.15, 0.2) is 12.1 Å². The summed E-state index contributed by atoms with van der Waals surface area (Å²) in [6.45, 7) is 5.81. The summed E-state index contributed by atoms with van der Waals surface area (Å²) >= 11 is 0. The van der Waals surface area contributed by atoms with Gasteiger partial charge in [0.25, 0.3) is 5.91 Å². The van der Waals surface area contributed by atoms with Crippen LogP contribution >= 0.6 is 0 Å². The lowest BCUT2D eigenvalue weighted by Crippen LogP contribution is -2.44. The van der Waals surface area contributed by atoms with Gasteiger partial charge in [0.05, 0.1) is 0 Å². The highest BCUT2D eigenvalue weighted by atomic mass is 16.6. The number of aromatic nitrogens is 1. The number of nitrogens with zero attached hydrogens (tertiary/aromatic N) is 1. The number of nitro groups is 1. The Morgan fingerprint density at radius 3 is 2.58 bits per heavy atom. The Morgan fingerprint density at radius 1 is 1.53 bits per heavy atom. The molecule has 0 bridgehead atoms. The average Bonchev–Trinajstić information content (AvgIpc) is 2.76. The SMILES string of the molecule is CC(C)(C)C(CCO)NC(=O)c1ccc([N+](=O)[O-])[nH]1. The first kappa shape index (κ1) is 15.2. The van der Waals surface area contributed by atoms with E-state index in [1.54, 1.807) is 0 Å². The van der Waals surface area contributed by atoms with Gasteiger partial charge in [0, 0.05) is 18.7 Å². The molecule has 1 aromatic heterocycles.